The molecule has 2 aromatic carbocycles. The van der Waals surface area contributed by atoms with Crippen molar-refractivity contribution in [1.29, 1.82) is 0 Å². The molecule has 2 rings (SSSR count). The van der Waals surface area contributed by atoms with Gasteiger partial charge >= 0.3 is 5.97 Å². The average Bonchev–Trinajstić information content (AvgIpc) is 2.36. The number of nitrogen functional groups attached to an aromatic ring is 1. The number of benzene rings is 2. The standard InChI is InChI=1S/C14H11ClFNO2/c15-10-3-1-2-9(6-10)8-19-14(18)12-5-4-11(16)7-13(12)17/h1-7H,8,17H2. The van der Waals surface area contributed by atoms with Crippen LogP contribution in [0.2, 0.25) is 5.02 Å². The van der Waals surface area contributed by atoms with E-state index in [1.165, 1.54) is 6.07 Å². The Morgan fingerprint density at radius 2 is 2.05 bits per heavy atom. The van der Waals surface area contributed by atoms with Crippen LogP contribution in [0.4, 0.5) is 10.1 Å². The summed E-state index contributed by atoms with van der Waals surface area (Å²) >= 11 is 5.82. The summed E-state index contributed by atoms with van der Waals surface area (Å²) in [7, 11) is 0. The molecule has 0 aliphatic heterocycles. The molecular weight excluding hydrogens is 269 g/mol. The van der Waals surface area contributed by atoms with Crippen molar-refractivity contribution in [3.8, 4) is 0 Å². The van der Waals surface area contributed by atoms with Crippen molar-refractivity contribution in [2.75, 3.05) is 5.73 Å². The molecule has 0 aliphatic rings. The molecule has 98 valence electrons. The summed E-state index contributed by atoms with van der Waals surface area (Å²) in [6.45, 7) is 0.0796. The van der Waals surface area contributed by atoms with Gasteiger partial charge in [-0.05, 0) is 35.9 Å². The van der Waals surface area contributed by atoms with Gasteiger partial charge in [-0.15, -0.1) is 0 Å². The van der Waals surface area contributed by atoms with Crippen LogP contribution in [0.3, 0.4) is 0 Å². The molecule has 0 aliphatic carbocycles. The fraction of sp³-hybridized carbons (Fsp3) is 0.0714. The third kappa shape index (κ3) is 3.45. The molecule has 3 nitrogen and oxygen atoms in total. The Hall–Kier alpha value is -2.07. The first-order valence-electron chi connectivity index (χ1n) is 5.53. The normalized spacial score (nSPS) is 10.2. The minimum atomic E-state index is -0.600. The lowest BCUT2D eigenvalue weighted by atomic mass is 10.2. The van der Waals surface area contributed by atoms with Crippen LogP contribution in [0.1, 0.15) is 15.9 Å². The summed E-state index contributed by atoms with van der Waals surface area (Å²) in [5.74, 6) is -1.10. The molecule has 0 unspecified atom stereocenters. The number of carbonyl (C=O) groups excluding carboxylic acids is 1. The number of hydrogen-bond donors (Lipinski definition) is 1. The number of carbonyl (C=O) groups is 1. The van der Waals surface area contributed by atoms with E-state index in [9.17, 15) is 9.18 Å². The van der Waals surface area contributed by atoms with Gasteiger partial charge in [0.05, 0.1) is 5.56 Å². The number of hydrogen-bond acceptors (Lipinski definition) is 3. The lowest BCUT2D eigenvalue weighted by Gasteiger charge is -2.07. The minimum absolute atomic E-state index is 0.0519. The molecule has 2 N–H and O–H groups in total. The number of nitrogens with two attached hydrogens (primary N) is 1. The van der Waals surface area contributed by atoms with Crippen LogP contribution in [0, 0.1) is 5.82 Å². The third-order valence-electron chi connectivity index (χ3n) is 2.49. The van der Waals surface area contributed by atoms with Crippen molar-refractivity contribution in [3.63, 3.8) is 0 Å². The lowest BCUT2D eigenvalue weighted by Crippen LogP contribution is -2.08. The summed E-state index contributed by atoms with van der Waals surface area (Å²) < 4.78 is 17.9. The van der Waals surface area contributed by atoms with E-state index >= 15 is 0 Å². The zero-order valence-corrected chi connectivity index (χ0v) is 10.7. The second kappa shape index (κ2) is 5.71. The molecule has 5 heteroatoms. The molecule has 0 atom stereocenters. The molecule has 0 bridgehead atoms. The molecule has 0 fully saturated rings. The number of halogens is 2. The molecule has 0 saturated heterocycles. The fourth-order valence-corrected chi connectivity index (χ4v) is 1.79. The highest BCUT2D eigenvalue weighted by molar-refractivity contribution is 6.30. The monoisotopic (exact) mass is 279 g/mol. The van der Waals surface area contributed by atoms with E-state index in [4.69, 9.17) is 22.1 Å². The first-order chi connectivity index (χ1) is 9.06. The summed E-state index contributed by atoms with van der Waals surface area (Å²) in [6, 6.07) is 10.5. The van der Waals surface area contributed by atoms with Crippen molar-refractivity contribution in [1.82, 2.24) is 0 Å². The predicted molar refractivity (Wildman–Crippen MR) is 71.4 cm³/mol. The lowest BCUT2D eigenvalue weighted by molar-refractivity contribution is 0.0474. The van der Waals surface area contributed by atoms with Gasteiger partial charge in [0.1, 0.15) is 12.4 Å². The highest BCUT2D eigenvalue weighted by Crippen LogP contribution is 2.16. The highest BCUT2D eigenvalue weighted by atomic mass is 35.5. The second-order valence-corrected chi connectivity index (χ2v) is 4.37. The van der Waals surface area contributed by atoms with Crippen LogP contribution in [0.25, 0.3) is 0 Å². The summed E-state index contributed by atoms with van der Waals surface area (Å²) in [5, 5.41) is 0.565. The summed E-state index contributed by atoms with van der Waals surface area (Å²) in [6.07, 6.45) is 0. The van der Waals surface area contributed by atoms with E-state index in [0.29, 0.717) is 5.02 Å². The van der Waals surface area contributed by atoms with Crippen molar-refractivity contribution in [2.45, 2.75) is 6.61 Å². The Bertz CT molecular complexity index is 616. The van der Waals surface area contributed by atoms with E-state index in [1.54, 1.807) is 24.3 Å². The van der Waals surface area contributed by atoms with Crippen LogP contribution in [0.15, 0.2) is 42.5 Å². The van der Waals surface area contributed by atoms with Crippen LogP contribution in [-0.2, 0) is 11.3 Å². The van der Waals surface area contributed by atoms with E-state index in [2.05, 4.69) is 0 Å². The molecule has 0 saturated carbocycles. The molecule has 2 aromatic rings. The van der Waals surface area contributed by atoms with Gasteiger partial charge in [0.25, 0.3) is 0 Å². The first kappa shape index (κ1) is 13.4. The zero-order chi connectivity index (χ0) is 13.8. The smallest absolute Gasteiger partial charge is 0.340 e. The molecule has 19 heavy (non-hydrogen) atoms. The van der Waals surface area contributed by atoms with Gasteiger partial charge in [-0.1, -0.05) is 23.7 Å². The largest absolute Gasteiger partial charge is 0.457 e. The van der Waals surface area contributed by atoms with Crippen molar-refractivity contribution in [3.05, 3.63) is 64.4 Å². The van der Waals surface area contributed by atoms with Gasteiger partial charge in [0, 0.05) is 10.7 Å². The number of anilines is 1. The average molecular weight is 280 g/mol. The minimum Gasteiger partial charge on any atom is -0.457 e. The van der Waals surface area contributed by atoms with Gasteiger partial charge < -0.3 is 10.5 Å². The Labute approximate surface area is 114 Å². The topological polar surface area (TPSA) is 52.3 Å². The summed E-state index contributed by atoms with van der Waals surface area (Å²) in [5.41, 5.74) is 6.51. The van der Waals surface area contributed by atoms with Crippen LogP contribution in [0.5, 0.6) is 0 Å². The maximum atomic E-state index is 12.9. The Kier molecular flexibility index (Phi) is 4.02. The van der Waals surface area contributed by atoms with Crippen molar-refractivity contribution >= 4 is 23.3 Å². The number of esters is 1. The Balaban J connectivity index is 2.05. The fourth-order valence-electron chi connectivity index (χ4n) is 1.57. The quantitative estimate of drug-likeness (QED) is 0.692. The van der Waals surface area contributed by atoms with Crippen molar-refractivity contribution < 1.29 is 13.9 Å². The first-order valence-corrected chi connectivity index (χ1v) is 5.90. The second-order valence-electron chi connectivity index (χ2n) is 3.94. The Morgan fingerprint density at radius 3 is 2.74 bits per heavy atom. The number of rotatable bonds is 3. The molecule has 0 aromatic heterocycles. The molecule has 0 heterocycles. The van der Waals surface area contributed by atoms with Gasteiger partial charge in [0.2, 0.25) is 0 Å². The molecular formula is C14H11ClFNO2. The van der Waals surface area contributed by atoms with Crippen LogP contribution < -0.4 is 5.73 Å². The van der Waals surface area contributed by atoms with E-state index in [0.717, 1.165) is 17.7 Å². The van der Waals surface area contributed by atoms with Crippen LogP contribution >= 0.6 is 11.6 Å². The van der Waals surface area contributed by atoms with E-state index < -0.39 is 11.8 Å². The van der Waals surface area contributed by atoms with Gasteiger partial charge in [-0.25, -0.2) is 9.18 Å². The van der Waals surface area contributed by atoms with Gasteiger partial charge in [-0.3, -0.25) is 0 Å². The predicted octanol–water partition coefficient (Wildman–Crippen LogP) is 3.42. The van der Waals surface area contributed by atoms with Crippen molar-refractivity contribution in [2.24, 2.45) is 0 Å². The highest BCUT2D eigenvalue weighted by Gasteiger charge is 2.12. The SMILES string of the molecule is Nc1cc(F)ccc1C(=O)OCc1cccc(Cl)c1. The maximum Gasteiger partial charge on any atom is 0.340 e. The molecule has 0 amide bonds. The van der Waals surface area contributed by atoms with E-state index in [1.807, 2.05) is 0 Å². The number of ether oxygens (including phenoxy) is 1. The third-order valence-corrected chi connectivity index (χ3v) is 2.73. The van der Waals surface area contributed by atoms with Gasteiger partial charge in [0.15, 0.2) is 0 Å². The molecule has 0 spiro atoms. The maximum absolute atomic E-state index is 12.9. The summed E-state index contributed by atoms with van der Waals surface area (Å²) in [4.78, 5) is 11.8. The van der Waals surface area contributed by atoms with Gasteiger partial charge in [-0.2, -0.15) is 0 Å². The zero-order valence-electron chi connectivity index (χ0n) is 9.90. The van der Waals surface area contributed by atoms with Crippen LogP contribution in [-0.4, -0.2) is 5.97 Å². The Morgan fingerprint density at radius 1 is 1.26 bits per heavy atom. The van der Waals surface area contributed by atoms with E-state index in [-0.39, 0.29) is 17.9 Å². The molecule has 0 radical (unpaired) electrons.